The molecule has 0 bridgehead atoms. The minimum absolute atomic E-state index is 0.0625. The number of hydrogen-bond acceptors (Lipinski definition) is 3. The van der Waals surface area contributed by atoms with Crippen molar-refractivity contribution in [3.8, 4) is 0 Å². The summed E-state index contributed by atoms with van der Waals surface area (Å²) in [6.07, 6.45) is -0.0625. The van der Waals surface area contributed by atoms with Gasteiger partial charge < -0.3 is 25.3 Å². The lowest BCUT2D eigenvalue weighted by atomic mass is 11.0. The van der Waals surface area contributed by atoms with Crippen molar-refractivity contribution in [1.29, 1.82) is 0 Å². The van der Waals surface area contributed by atoms with Crippen LogP contribution in [0.4, 0.5) is 4.79 Å². The summed E-state index contributed by atoms with van der Waals surface area (Å²) in [7, 11) is -8.25. The molecule has 0 aromatic carbocycles. The molecule has 0 rings (SSSR count). The van der Waals surface area contributed by atoms with E-state index in [0.717, 1.165) is 0 Å². The second kappa shape index (κ2) is 5.49. The van der Waals surface area contributed by atoms with Gasteiger partial charge >= 0.3 is 20.8 Å². The highest BCUT2D eigenvalue weighted by atomic mass is 31.2. The average molecular weight is 235 g/mol. The van der Waals surface area contributed by atoms with Crippen LogP contribution in [0, 0.1) is 0 Å². The molecule has 1 amide bonds. The fraction of sp³-hybridized carbons (Fsp3) is 0.667. The summed E-state index contributed by atoms with van der Waals surface area (Å²) >= 11 is 0. The second-order valence-electron chi connectivity index (χ2n) is 1.86. The minimum atomic E-state index is -4.60. The lowest BCUT2D eigenvalue weighted by Crippen LogP contribution is -2.07. The first kappa shape index (κ1) is 15.3. The first-order valence-corrected chi connectivity index (χ1v) is 6.31. The number of carbonyl (C=O) groups excluding carboxylic acids is 1. The largest absolute Gasteiger partial charge is 0.412 e. The quantitative estimate of drug-likeness (QED) is 0.400. The second-order valence-corrected chi connectivity index (χ2v) is 5.35. The molecule has 0 saturated heterocycles. The van der Waals surface area contributed by atoms with Gasteiger partial charge in [0.2, 0.25) is 0 Å². The molecule has 0 aliphatic rings. The Morgan fingerprint density at radius 1 is 1.23 bits per heavy atom. The van der Waals surface area contributed by atoms with Gasteiger partial charge in [-0.3, -0.25) is 9.36 Å². The van der Waals surface area contributed by atoms with Gasteiger partial charge in [-0.2, -0.15) is 0 Å². The van der Waals surface area contributed by atoms with Crippen molar-refractivity contribution in [2.24, 2.45) is 5.73 Å². The predicted molar refractivity (Wildman–Crippen MR) is 44.2 cm³/mol. The van der Waals surface area contributed by atoms with Crippen LogP contribution in [0.15, 0.2) is 0 Å². The van der Waals surface area contributed by atoms with Gasteiger partial charge in [0.25, 0.3) is 0 Å². The number of rotatable bonds is 2. The van der Waals surface area contributed by atoms with Crippen LogP contribution >= 0.6 is 15.2 Å². The summed E-state index contributed by atoms with van der Waals surface area (Å²) in [5, 5.41) is 0. The van der Waals surface area contributed by atoms with Crippen molar-refractivity contribution in [2.45, 2.75) is 6.92 Å². The third-order valence-corrected chi connectivity index (χ3v) is 2.10. The Morgan fingerprint density at radius 3 is 1.38 bits per heavy atom. The summed E-state index contributed by atoms with van der Waals surface area (Å²) in [5.74, 6) is 0. The average Bonchev–Trinajstić information content (AvgIpc) is 1.85. The molecule has 0 aromatic heterocycles. The number of carbonyl (C=O) groups is 1. The van der Waals surface area contributed by atoms with Gasteiger partial charge in [-0.1, -0.05) is 6.92 Å². The highest BCUT2D eigenvalue weighted by Gasteiger charge is 2.20. The Hall–Kier alpha value is -0.230. The summed E-state index contributed by atoms with van der Waals surface area (Å²) < 4.78 is 19.2. The molecule has 6 N–H and O–H groups in total. The maximum absolute atomic E-state index is 9.69. The molecule has 0 aliphatic carbocycles. The van der Waals surface area contributed by atoms with Crippen molar-refractivity contribution >= 4 is 20.8 Å². The lowest BCUT2D eigenvalue weighted by Gasteiger charge is -1.92. The van der Waals surface area contributed by atoms with E-state index in [2.05, 4.69) is 5.73 Å². The van der Waals surface area contributed by atoms with Crippen molar-refractivity contribution in [1.82, 2.24) is 0 Å². The summed E-state index contributed by atoms with van der Waals surface area (Å²) in [6, 6.07) is 0. The van der Waals surface area contributed by atoms with Crippen LogP contribution in [-0.4, -0.2) is 31.4 Å². The molecule has 0 atom stereocenters. The third-order valence-electron chi connectivity index (χ3n) is 0.699. The zero-order valence-electron chi connectivity index (χ0n) is 6.69. The van der Waals surface area contributed by atoms with Gasteiger partial charge in [-0.15, -0.1) is 0 Å². The normalized spacial score (nSPS) is 11.5. The molecule has 0 radical (unpaired) electrons. The van der Waals surface area contributed by atoms with E-state index in [-0.39, 0.29) is 6.16 Å². The van der Waals surface area contributed by atoms with Crippen LogP contribution in [0.2, 0.25) is 0 Å². The first-order chi connectivity index (χ1) is 5.50. The Balaban J connectivity index is 0. The Morgan fingerprint density at radius 2 is 1.38 bits per heavy atom. The fourth-order valence-electron chi connectivity index (χ4n) is 0. The molecule has 0 fully saturated rings. The maximum atomic E-state index is 9.69. The van der Waals surface area contributed by atoms with E-state index >= 15 is 0 Å². The van der Waals surface area contributed by atoms with Gasteiger partial charge in [0.1, 0.15) is 0 Å². The maximum Gasteiger partial charge on any atom is 0.412 e. The molecule has 0 aliphatic heterocycles. The molecule has 10 heteroatoms. The van der Waals surface area contributed by atoms with E-state index in [1.54, 1.807) is 0 Å². The van der Waals surface area contributed by atoms with E-state index in [0.29, 0.717) is 0 Å². The minimum Gasteiger partial charge on any atom is -0.359 e. The van der Waals surface area contributed by atoms with Crippen molar-refractivity contribution in [2.75, 3.05) is 6.16 Å². The number of primary amides is 1. The summed E-state index contributed by atoms with van der Waals surface area (Å²) in [6.45, 7) is 1.45. The molecule has 0 heterocycles. The number of amides is 1. The summed E-state index contributed by atoms with van der Waals surface area (Å²) in [5.41, 5.74) is 2.58. The Kier molecular flexibility index (Phi) is 6.44. The topological polar surface area (TPSA) is 158 Å². The SMILES string of the molecule is CCP(=O)(O)O.NC(=O)P(=O)(O)O. The van der Waals surface area contributed by atoms with Crippen LogP contribution in [0.3, 0.4) is 0 Å². The van der Waals surface area contributed by atoms with Gasteiger partial charge in [0.05, 0.1) is 0 Å². The molecule has 0 saturated carbocycles. The van der Waals surface area contributed by atoms with E-state index in [9.17, 15) is 13.9 Å². The predicted octanol–water partition coefficient (Wildman–Crippen LogP) is -0.573. The van der Waals surface area contributed by atoms with E-state index in [4.69, 9.17) is 19.6 Å². The lowest BCUT2D eigenvalue weighted by molar-refractivity contribution is 0.255. The molecule has 0 aromatic rings. The molecule has 8 nitrogen and oxygen atoms in total. The Labute approximate surface area is 74.1 Å². The van der Waals surface area contributed by atoms with Crippen LogP contribution in [0.1, 0.15) is 6.92 Å². The third kappa shape index (κ3) is 14.6. The molecule has 0 unspecified atom stereocenters. The number of nitrogens with two attached hydrogens (primary N) is 1. The van der Waals surface area contributed by atoms with Crippen LogP contribution < -0.4 is 5.73 Å². The van der Waals surface area contributed by atoms with Crippen molar-refractivity contribution in [3.63, 3.8) is 0 Å². The van der Waals surface area contributed by atoms with Crippen molar-refractivity contribution < 1.29 is 33.5 Å². The van der Waals surface area contributed by atoms with Crippen LogP contribution in [0.5, 0.6) is 0 Å². The fourth-order valence-corrected chi connectivity index (χ4v) is 0. The monoisotopic (exact) mass is 235 g/mol. The van der Waals surface area contributed by atoms with Gasteiger partial charge in [0.15, 0.2) is 0 Å². The van der Waals surface area contributed by atoms with Gasteiger partial charge in [0, 0.05) is 6.16 Å². The molecule has 13 heavy (non-hydrogen) atoms. The number of hydrogen-bond donors (Lipinski definition) is 5. The molecular formula is C3H11NO7P2. The highest BCUT2D eigenvalue weighted by Crippen LogP contribution is 2.33. The van der Waals surface area contributed by atoms with Gasteiger partial charge in [-0.05, 0) is 0 Å². The Bertz CT molecular complexity index is 250. The standard InChI is InChI=1S/C2H7O3P.CH4NO4P/c1-2-6(3,4)5;2-1(3)7(4,5)6/h2H2,1H3,(H2,3,4,5);(H2,2,3)(H2,4,5,6). The smallest absolute Gasteiger partial charge is 0.359 e. The molecular weight excluding hydrogens is 224 g/mol. The zero-order chi connectivity index (χ0) is 11.3. The molecule has 0 spiro atoms. The van der Waals surface area contributed by atoms with Gasteiger partial charge in [-0.25, -0.2) is 4.57 Å². The first-order valence-electron chi connectivity index (χ1n) is 2.90. The van der Waals surface area contributed by atoms with E-state index < -0.39 is 20.8 Å². The van der Waals surface area contributed by atoms with Crippen LogP contribution in [0.25, 0.3) is 0 Å². The van der Waals surface area contributed by atoms with Crippen molar-refractivity contribution in [3.05, 3.63) is 0 Å². The zero-order valence-corrected chi connectivity index (χ0v) is 8.48. The van der Waals surface area contributed by atoms with Crippen LogP contribution in [-0.2, 0) is 9.13 Å². The summed E-state index contributed by atoms with van der Waals surface area (Å²) in [4.78, 5) is 40.8. The highest BCUT2D eigenvalue weighted by molar-refractivity contribution is 7.69. The van der Waals surface area contributed by atoms with E-state index in [1.807, 2.05) is 0 Å². The van der Waals surface area contributed by atoms with E-state index in [1.165, 1.54) is 6.92 Å². The molecule has 80 valence electrons.